The number of halogens is 6. The average Bonchev–Trinajstić information content (AvgIpc) is 0.592. The van der Waals surface area contributed by atoms with Crippen LogP contribution in [0.1, 0.15) is 0 Å². The first kappa shape index (κ1) is 11.4. The molecular weight excluding hydrogens is 652 g/mol. The van der Waals surface area contributed by atoms with E-state index in [0.717, 1.165) is 0 Å². The molecule has 0 atom stereocenters. The van der Waals surface area contributed by atoms with Crippen molar-refractivity contribution >= 4 is 45.7 Å². The van der Waals surface area contributed by atoms with Crippen molar-refractivity contribution in [1.29, 1.82) is 0 Å². The molecule has 0 rings (SSSR count). The molecule has 0 aliphatic heterocycles. The fourth-order valence-corrected chi connectivity index (χ4v) is 0. The van der Waals surface area contributed by atoms with Gasteiger partial charge in [-0.2, -0.15) is 0 Å². The number of rotatable bonds is 0. The summed E-state index contributed by atoms with van der Waals surface area (Å²) in [5, 5.41) is 0. The summed E-state index contributed by atoms with van der Waals surface area (Å²) in [7, 11) is 20.0. The zero-order chi connectivity index (χ0) is 6.41. The molecule has 7 heteroatoms. The summed E-state index contributed by atoms with van der Waals surface area (Å²) in [5.74, 6) is 0. The molecule has 0 radical (unpaired) electrons. The Morgan fingerprint density at radius 3 is 0.571 bits per heavy atom. The van der Waals surface area contributed by atoms with Crippen LogP contribution in [-0.4, -0.2) is 0 Å². The second-order valence-corrected chi connectivity index (χ2v) is 115. The fourth-order valence-electron chi connectivity index (χ4n) is 0. The SMILES string of the molecule is [Br][Yb]([Br])([Br])([Br])([Br])[Br]. The van der Waals surface area contributed by atoms with Crippen molar-refractivity contribution in [3.63, 3.8) is 0 Å². The van der Waals surface area contributed by atoms with Crippen LogP contribution in [0, 0.1) is 13.2 Å². The molecule has 0 saturated heterocycles. The molecule has 0 aliphatic rings. The summed E-state index contributed by atoms with van der Waals surface area (Å²) in [4.78, 5) is 0. The molecule has 0 aliphatic carbocycles. The molecule has 0 aromatic heterocycles. The molecule has 56 valence electrons. The normalized spacial score (nSPS) is 23.1. The van der Waals surface area contributed by atoms with Gasteiger partial charge in [0.2, 0.25) is 0 Å². The standard InChI is InChI=1S/6BrH.Yb/h6*1H;/q;;;;;;+6/p-6. The maximum atomic E-state index is 3.33. The van der Waals surface area contributed by atoms with Crippen LogP contribution >= 0.6 is 45.7 Å². The molecule has 0 aromatic rings. The van der Waals surface area contributed by atoms with Crippen molar-refractivity contribution in [3.8, 4) is 0 Å². The number of hydrogen-bond acceptors (Lipinski definition) is 0. The van der Waals surface area contributed by atoms with Gasteiger partial charge < -0.3 is 0 Å². The van der Waals surface area contributed by atoms with Gasteiger partial charge >= 0.3 is 58.9 Å². The van der Waals surface area contributed by atoms with Crippen LogP contribution in [0.3, 0.4) is 0 Å². The third-order valence-corrected chi connectivity index (χ3v) is 0. The zero-order valence-electron chi connectivity index (χ0n) is 2.54. The van der Waals surface area contributed by atoms with Crippen molar-refractivity contribution in [2.75, 3.05) is 0 Å². The first-order chi connectivity index (χ1) is 2.45. The van der Waals surface area contributed by atoms with Crippen LogP contribution in [0.15, 0.2) is 0 Å². The Morgan fingerprint density at radius 2 is 0.571 bits per heavy atom. The predicted molar refractivity (Wildman–Crippen MR) is 53.6 cm³/mol. The van der Waals surface area contributed by atoms with Gasteiger partial charge in [0.25, 0.3) is 0 Å². The van der Waals surface area contributed by atoms with E-state index in [1.165, 1.54) is 0 Å². The van der Waals surface area contributed by atoms with E-state index in [9.17, 15) is 0 Å². The Kier molecular flexibility index (Phi) is 3.98. The minimum absolute atomic E-state index is 3.06. The van der Waals surface area contributed by atoms with E-state index < -0.39 is 13.2 Å². The molecule has 0 amide bonds. The molecule has 0 N–H and O–H groups in total. The Bertz CT molecular complexity index is 62.7. The summed E-state index contributed by atoms with van der Waals surface area (Å²) in [5.41, 5.74) is 0. The minimum atomic E-state index is -3.06. The molecule has 0 heterocycles. The second-order valence-electron chi connectivity index (χ2n) is 0.573. The van der Waals surface area contributed by atoms with Crippen LogP contribution in [0.4, 0.5) is 0 Å². The first-order valence-corrected chi connectivity index (χ1v) is 23.4. The van der Waals surface area contributed by atoms with Gasteiger partial charge in [-0.1, -0.05) is 0 Å². The summed E-state index contributed by atoms with van der Waals surface area (Å²) in [6, 6.07) is 0. The van der Waals surface area contributed by atoms with Gasteiger partial charge in [0.15, 0.2) is 0 Å². The van der Waals surface area contributed by atoms with E-state index in [2.05, 4.69) is 45.7 Å². The van der Waals surface area contributed by atoms with E-state index in [1.54, 1.807) is 0 Å². The maximum absolute atomic E-state index is 3.33. The summed E-state index contributed by atoms with van der Waals surface area (Å²) < 4.78 is 0. The second kappa shape index (κ2) is 2.44. The quantitative estimate of drug-likeness (QED) is 0.343. The average molecular weight is 652 g/mol. The molecule has 7 heavy (non-hydrogen) atoms. The van der Waals surface area contributed by atoms with Crippen molar-refractivity contribution in [2.45, 2.75) is 0 Å². The van der Waals surface area contributed by atoms with Gasteiger partial charge in [0.05, 0.1) is 0 Å². The molecule has 0 aromatic carbocycles. The Hall–Kier alpha value is 4.40. The van der Waals surface area contributed by atoms with Gasteiger partial charge in [0.1, 0.15) is 0 Å². The zero-order valence-corrected chi connectivity index (χ0v) is 13.8. The Labute approximate surface area is 55.3 Å². The van der Waals surface area contributed by atoms with E-state index in [-0.39, 0.29) is 0 Å². The number of hydrogen-bond donors (Lipinski definition) is 0. The predicted octanol–water partition coefficient (Wildman–Crippen LogP) is 5.07. The van der Waals surface area contributed by atoms with Crippen LogP contribution in [0.25, 0.3) is 0 Å². The summed E-state index contributed by atoms with van der Waals surface area (Å²) >= 11 is -3.06. The van der Waals surface area contributed by atoms with Crippen LogP contribution in [0.2, 0.25) is 0 Å². The molecular formula is Br6Yb. The van der Waals surface area contributed by atoms with Crippen LogP contribution in [0.5, 0.6) is 0 Å². The van der Waals surface area contributed by atoms with Crippen molar-refractivity contribution in [1.82, 2.24) is 0 Å². The molecule has 0 saturated carbocycles. The monoisotopic (exact) mass is 647 g/mol. The topological polar surface area (TPSA) is 0 Å². The van der Waals surface area contributed by atoms with E-state index in [4.69, 9.17) is 0 Å². The Balaban J connectivity index is 4.43. The first-order valence-electron chi connectivity index (χ1n) is 0.606. The molecule has 0 bridgehead atoms. The third kappa shape index (κ3) is 37.9. The Morgan fingerprint density at radius 1 is 0.571 bits per heavy atom. The van der Waals surface area contributed by atoms with Crippen molar-refractivity contribution in [2.24, 2.45) is 0 Å². The third-order valence-electron chi connectivity index (χ3n) is 0. The van der Waals surface area contributed by atoms with Crippen molar-refractivity contribution < 1.29 is 13.2 Å². The molecule has 0 unspecified atom stereocenters. The van der Waals surface area contributed by atoms with Crippen LogP contribution < -0.4 is 0 Å². The van der Waals surface area contributed by atoms with Gasteiger partial charge in [-0.25, -0.2) is 0 Å². The fraction of sp³-hybridized carbons (Fsp3) is 0. The van der Waals surface area contributed by atoms with Crippen LogP contribution in [-0.2, 0) is 0 Å². The van der Waals surface area contributed by atoms with E-state index in [0.29, 0.717) is 0 Å². The van der Waals surface area contributed by atoms with Gasteiger partial charge in [0, 0.05) is 0 Å². The van der Waals surface area contributed by atoms with E-state index in [1.807, 2.05) is 0 Å². The summed E-state index contributed by atoms with van der Waals surface area (Å²) in [6.07, 6.45) is 0. The van der Waals surface area contributed by atoms with Crippen molar-refractivity contribution in [3.05, 3.63) is 0 Å². The molecule has 0 fully saturated rings. The van der Waals surface area contributed by atoms with Gasteiger partial charge in [-0.3, -0.25) is 0 Å². The summed E-state index contributed by atoms with van der Waals surface area (Å²) in [6.45, 7) is 0. The van der Waals surface area contributed by atoms with Gasteiger partial charge in [-0.05, 0) is 0 Å². The van der Waals surface area contributed by atoms with Gasteiger partial charge in [-0.15, -0.1) is 0 Å². The molecule has 0 spiro atoms. The van der Waals surface area contributed by atoms with E-state index >= 15 is 0 Å². The molecule has 0 nitrogen and oxygen atoms in total.